The Morgan fingerprint density at radius 2 is 1.58 bits per heavy atom. The van der Waals surface area contributed by atoms with E-state index in [1.165, 1.54) is 0 Å². The van der Waals surface area contributed by atoms with Gasteiger partial charge >= 0.3 is 0 Å². The quantitative estimate of drug-likeness (QED) is 0.522. The summed E-state index contributed by atoms with van der Waals surface area (Å²) in [6.07, 6.45) is 0.803. The van der Waals surface area contributed by atoms with E-state index in [9.17, 15) is 13.2 Å². The van der Waals surface area contributed by atoms with Crippen molar-refractivity contribution in [2.24, 2.45) is 0 Å². The van der Waals surface area contributed by atoms with E-state index in [-0.39, 0.29) is 16.8 Å². The average Bonchev–Trinajstić information content (AvgIpc) is 2.79. The summed E-state index contributed by atoms with van der Waals surface area (Å²) in [5.41, 5.74) is 2.48. The van der Waals surface area contributed by atoms with Gasteiger partial charge in [-0.15, -0.1) is 0 Å². The number of hydrogen-bond acceptors (Lipinski definition) is 4. The molecule has 162 valence electrons. The molecule has 0 spiro atoms. The van der Waals surface area contributed by atoms with Gasteiger partial charge in [0.1, 0.15) is 5.75 Å². The van der Waals surface area contributed by atoms with Crippen molar-refractivity contribution in [2.75, 3.05) is 12.4 Å². The van der Waals surface area contributed by atoms with Gasteiger partial charge < -0.3 is 10.1 Å². The van der Waals surface area contributed by atoms with Crippen molar-refractivity contribution in [3.05, 3.63) is 90.0 Å². The summed E-state index contributed by atoms with van der Waals surface area (Å²) >= 11 is 0. The van der Waals surface area contributed by atoms with Crippen LogP contribution in [0.25, 0.3) is 0 Å². The third-order valence-corrected chi connectivity index (χ3v) is 6.44. The summed E-state index contributed by atoms with van der Waals surface area (Å²) in [6.45, 7) is 1.81. The number of rotatable bonds is 9. The molecule has 0 aliphatic carbocycles. The number of nitrogens with one attached hydrogen (secondary N) is 2. The van der Waals surface area contributed by atoms with Crippen LogP contribution in [0, 0.1) is 0 Å². The zero-order valence-electron chi connectivity index (χ0n) is 17.5. The zero-order chi connectivity index (χ0) is 22.3. The molecule has 0 aliphatic rings. The molecule has 0 heterocycles. The molecule has 31 heavy (non-hydrogen) atoms. The molecule has 2 N–H and O–H groups in total. The fraction of sp³-hybridized carbons (Fsp3) is 0.208. The largest absolute Gasteiger partial charge is 0.497 e. The van der Waals surface area contributed by atoms with Crippen molar-refractivity contribution in [3.63, 3.8) is 0 Å². The van der Waals surface area contributed by atoms with Crippen LogP contribution in [0.3, 0.4) is 0 Å². The highest BCUT2D eigenvalue weighted by Crippen LogP contribution is 2.18. The predicted octanol–water partition coefficient (Wildman–Crippen LogP) is 4.31. The van der Waals surface area contributed by atoms with Gasteiger partial charge in [-0.1, -0.05) is 42.5 Å². The Morgan fingerprint density at radius 3 is 2.19 bits per heavy atom. The molecule has 7 heteroatoms. The number of ether oxygens (including phenoxy) is 1. The molecule has 0 aliphatic heterocycles. The minimum atomic E-state index is -3.64. The van der Waals surface area contributed by atoms with E-state index in [0.29, 0.717) is 18.5 Å². The Kier molecular flexibility index (Phi) is 7.44. The van der Waals surface area contributed by atoms with Gasteiger partial charge in [0.05, 0.1) is 12.0 Å². The SMILES string of the molecule is COc1ccc(NC(=O)CCc2ccc(S(=O)(=O)N[C@@H](C)c3ccccc3)cc2)cc1. The first kappa shape index (κ1) is 22.5. The van der Waals surface area contributed by atoms with Gasteiger partial charge in [0.2, 0.25) is 15.9 Å². The summed E-state index contributed by atoms with van der Waals surface area (Å²) in [6, 6.07) is 22.8. The van der Waals surface area contributed by atoms with E-state index in [1.807, 2.05) is 37.3 Å². The number of benzene rings is 3. The molecule has 0 aromatic heterocycles. The molecule has 3 aromatic carbocycles. The molecule has 1 amide bonds. The number of methoxy groups -OCH3 is 1. The molecule has 1 atom stereocenters. The topological polar surface area (TPSA) is 84.5 Å². The second-order valence-corrected chi connectivity index (χ2v) is 8.89. The standard InChI is InChI=1S/C24H26N2O4S/c1-18(20-6-4-3-5-7-20)26-31(28,29)23-15-8-19(9-16-23)10-17-24(27)25-21-11-13-22(30-2)14-12-21/h3-9,11-16,18,26H,10,17H2,1-2H3,(H,25,27)/t18-/m0/s1. The lowest BCUT2D eigenvalue weighted by atomic mass is 10.1. The van der Waals surface area contributed by atoms with E-state index in [2.05, 4.69) is 10.0 Å². The summed E-state index contributed by atoms with van der Waals surface area (Å²) < 4.78 is 33.1. The molecule has 0 radical (unpaired) electrons. The molecule has 3 rings (SSSR count). The fourth-order valence-electron chi connectivity index (χ4n) is 3.10. The number of carbonyl (C=O) groups excluding carboxylic acids is 1. The Morgan fingerprint density at radius 1 is 0.935 bits per heavy atom. The van der Waals surface area contributed by atoms with E-state index in [0.717, 1.165) is 16.9 Å². The molecular weight excluding hydrogens is 412 g/mol. The molecule has 0 fully saturated rings. The molecule has 6 nitrogen and oxygen atoms in total. The first-order valence-corrected chi connectivity index (χ1v) is 11.5. The van der Waals surface area contributed by atoms with Crippen molar-refractivity contribution >= 4 is 21.6 Å². The molecule has 0 bridgehead atoms. The Labute approximate surface area is 183 Å². The summed E-state index contributed by atoms with van der Waals surface area (Å²) in [5.74, 6) is 0.612. The van der Waals surface area contributed by atoms with Crippen molar-refractivity contribution in [1.29, 1.82) is 0 Å². The summed E-state index contributed by atoms with van der Waals surface area (Å²) in [7, 11) is -2.05. The number of sulfonamides is 1. The van der Waals surface area contributed by atoms with Crippen molar-refractivity contribution in [3.8, 4) is 5.75 Å². The third kappa shape index (κ3) is 6.41. The maximum Gasteiger partial charge on any atom is 0.241 e. The van der Waals surface area contributed by atoms with Crippen LogP contribution >= 0.6 is 0 Å². The lowest BCUT2D eigenvalue weighted by Crippen LogP contribution is -2.26. The highest BCUT2D eigenvalue weighted by molar-refractivity contribution is 7.89. The maximum atomic E-state index is 12.7. The van der Waals surface area contributed by atoms with Gasteiger partial charge in [0, 0.05) is 18.2 Å². The number of aryl methyl sites for hydroxylation is 1. The van der Waals surface area contributed by atoms with Crippen LogP contribution in [0.1, 0.15) is 30.5 Å². The van der Waals surface area contributed by atoms with Crippen LogP contribution in [0.2, 0.25) is 0 Å². The van der Waals surface area contributed by atoms with Gasteiger partial charge in [-0.25, -0.2) is 13.1 Å². The van der Waals surface area contributed by atoms with Crippen LogP contribution in [0.5, 0.6) is 5.75 Å². The van der Waals surface area contributed by atoms with Gasteiger partial charge in [-0.3, -0.25) is 4.79 Å². The Balaban J connectivity index is 1.54. The van der Waals surface area contributed by atoms with Crippen molar-refractivity contribution in [1.82, 2.24) is 4.72 Å². The van der Waals surface area contributed by atoms with E-state index in [4.69, 9.17) is 4.74 Å². The lowest BCUT2D eigenvalue weighted by Gasteiger charge is -2.15. The highest BCUT2D eigenvalue weighted by atomic mass is 32.2. The molecule has 0 saturated heterocycles. The van der Waals surface area contributed by atoms with E-state index >= 15 is 0 Å². The van der Waals surface area contributed by atoms with Gasteiger partial charge in [-0.2, -0.15) is 0 Å². The van der Waals surface area contributed by atoms with Gasteiger partial charge in [-0.05, 0) is 60.9 Å². The number of amides is 1. The first-order chi connectivity index (χ1) is 14.9. The van der Waals surface area contributed by atoms with Crippen LogP contribution in [0.4, 0.5) is 5.69 Å². The van der Waals surface area contributed by atoms with Crippen LogP contribution in [0.15, 0.2) is 83.8 Å². The van der Waals surface area contributed by atoms with E-state index in [1.54, 1.807) is 55.6 Å². The molecule has 0 saturated carbocycles. The van der Waals surface area contributed by atoms with Crippen molar-refractivity contribution in [2.45, 2.75) is 30.7 Å². The average molecular weight is 439 g/mol. The molecule has 3 aromatic rings. The van der Waals surface area contributed by atoms with E-state index < -0.39 is 10.0 Å². The molecule has 0 unspecified atom stereocenters. The smallest absolute Gasteiger partial charge is 0.241 e. The second kappa shape index (κ2) is 10.2. The zero-order valence-corrected chi connectivity index (χ0v) is 18.4. The van der Waals surface area contributed by atoms with Crippen LogP contribution < -0.4 is 14.8 Å². The minimum absolute atomic E-state index is 0.111. The third-order valence-electron chi connectivity index (χ3n) is 4.88. The van der Waals surface area contributed by atoms with Crippen LogP contribution in [-0.2, 0) is 21.2 Å². The number of anilines is 1. The lowest BCUT2D eigenvalue weighted by molar-refractivity contribution is -0.116. The number of carbonyl (C=O) groups is 1. The predicted molar refractivity (Wildman–Crippen MR) is 122 cm³/mol. The summed E-state index contributed by atoms with van der Waals surface area (Å²) in [5, 5.41) is 2.84. The monoisotopic (exact) mass is 438 g/mol. The van der Waals surface area contributed by atoms with Crippen molar-refractivity contribution < 1.29 is 17.9 Å². The van der Waals surface area contributed by atoms with Gasteiger partial charge in [0.25, 0.3) is 0 Å². The van der Waals surface area contributed by atoms with Gasteiger partial charge in [0.15, 0.2) is 0 Å². The Hall–Kier alpha value is -3.16. The minimum Gasteiger partial charge on any atom is -0.497 e. The number of hydrogen-bond donors (Lipinski definition) is 2. The maximum absolute atomic E-state index is 12.7. The van der Waals surface area contributed by atoms with Crippen LogP contribution in [-0.4, -0.2) is 21.4 Å². The second-order valence-electron chi connectivity index (χ2n) is 7.17. The fourth-order valence-corrected chi connectivity index (χ4v) is 4.33. The highest BCUT2D eigenvalue weighted by Gasteiger charge is 2.18. The Bertz CT molecular complexity index is 1100. The summed E-state index contributed by atoms with van der Waals surface area (Å²) in [4.78, 5) is 12.4. The normalized spacial score (nSPS) is 12.2. The molecular formula is C24H26N2O4S. The first-order valence-electron chi connectivity index (χ1n) is 9.97.